The molecule has 0 radical (unpaired) electrons. The van der Waals surface area contributed by atoms with Gasteiger partial charge in [-0.3, -0.25) is 4.79 Å². The Hall–Kier alpha value is -0.930. The maximum absolute atomic E-state index is 11.1. The van der Waals surface area contributed by atoms with Gasteiger partial charge in [-0.1, -0.05) is 23.2 Å². The van der Waals surface area contributed by atoms with Crippen LogP contribution in [0.1, 0.15) is 12.5 Å². The van der Waals surface area contributed by atoms with Crippen LogP contribution in [0.2, 0.25) is 10.0 Å². The molecule has 0 saturated heterocycles. The van der Waals surface area contributed by atoms with Crippen LogP contribution < -0.4 is 4.74 Å². The van der Waals surface area contributed by atoms with Crippen molar-refractivity contribution in [1.82, 2.24) is 4.90 Å². The van der Waals surface area contributed by atoms with Gasteiger partial charge in [0.15, 0.2) is 0 Å². The first-order valence-corrected chi connectivity index (χ1v) is 5.45. The molecule has 0 aliphatic heterocycles. The normalized spacial score (nSPS) is 10.1. The Morgan fingerprint density at radius 1 is 1.38 bits per heavy atom. The number of hydrogen-bond donors (Lipinski definition) is 0. The van der Waals surface area contributed by atoms with Crippen LogP contribution in [0.15, 0.2) is 12.1 Å². The number of carbonyl (C=O) groups is 1. The van der Waals surface area contributed by atoms with Crippen molar-refractivity contribution in [2.75, 3.05) is 14.2 Å². The van der Waals surface area contributed by atoms with E-state index < -0.39 is 0 Å². The highest BCUT2D eigenvalue weighted by Crippen LogP contribution is 2.31. The molecule has 5 heteroatoms. The summed E-state index contributed by atoms with van der Waals surface area (Å²) < 4.78 is 5.04. The molecule has 0 bridgehead atoms. The van der Waals surface area contributed by atoms with Crippen LogP contribution in [0, 0.1) is 0 Å². The molecule has 0 unspecified atom stereocenters. The summed E-state index contributed by atoms with van der Waals surface area (Å²) in [6.45, 7) is 1.93. The number of amides is 1. The largest absolute Gasteiger partial charge is 0.495 e. The van der Waals surface area contributed by atoms with Crippen LogP contribution in [0.25, 0.3) is 0 Å². The van der Waals surface area contributed by atoms with Gasteiger partial charge in [0.1, 0.15) is 5.75 Å². The second-order valence-corrected chi connectivity index (χ2v) is 4.27. The zero-order chi connectivity index (χ0) is 12.3. The van der Waals surface area contributed by atoms with E-state index >= 15 is 0 Å². The smallest absolute Gasteiger partial charge is 0.219 e. The molecule has 1 aromatic carbocycles. The molecule has 0 atom stereocenters. The van der Waals surface area contributed by atoms with Gasteiger partial charge in [-0.05, 0) is 11.6 Å². The van der Waals surface area contributed by atoms with Crippen molar-refractivity contribution in [3.05, 3.63) is 27.7 Å². The van der Waals surface area contributed by atoms with Gasteiger partial charge in [-0.25, -0.2) is 0 Å². The zero-order valence-corrected chi connectivity index (χ0v) is 10.9. The lowest BCUT2D eigenvalue weighted by atomic mass is 10.2. The summed E-state index contributed by atoms with van der Waals surface area (Å²) in [5, 5.41) is 1.02. The van der Waals surface area contributed by atoms with Crippen molar-refractivity contribution in [2.24, 2.45) is 0 Å². The van der Waals surface area contributed by atoms with Crippen LogP contribution in [0.4, 0.5) is 0 Å². The summed E-state index contributed by atoms with van der Waals surface area (Å²) in [7, 11) is 3.23. The number of nitrogens with zero attached hydrogens (tertiary/aromatic N) is 1. The second-order valence-electron chi connectivity index (χ2n) is 3.45. The van der Waals surface area contributed by atoms with Crippen molar-refractivity contribution >= 4 is 29.1 Å². The van der Waals surface area contributed by atoms with Gasteiger partial charge in [0.05, 0.1) is 12.1 Å². The molecular formula is C11H13Cl2NO2. The molecular weight excluding hydrogens is 249 g/mol. The Balaban J connectivity index is 2.98. The van der Waals surface area contributed by atoms with E-state index in [0.717, 1.165) is 5.56 Å². The molecule has 0 saturated carbocycles. The molecule has 0 aliphatic rings. The lowest BCUT2D eigenvalue weighted by Crippen LogP contribution is -2.23. The molecule has 88 valence electrons. The number of ether oxygens (including phenoxy) is 1. The third-order valence-electron chi connectivity index (χ3n) is 2.27. The number of hydrogen-bond acceptors (Lipinski definition) is 2. The number of rotatable bonds is 3. The predicted octanol–water partition coefficient (Wildman–Crippen LogP) is 2.98. The lowest BCUT2D eigenvalue weighted by molar-refractivity contribution is -0.128. The van der Waals surface area contributed by atoms with Crippen LogP contribution in [0.5, 0.6) is 5.75 Å². The highest BCUT2D eigenvalue weighted by Gasteiger charge is 2.10. The molecule has 1 amide bonds. The first kappa shape index (κ1) is 13.1. The third-order valence-corrected chi connectivity index (χ3v) is 2.91. The summed E-state index contributed by atoms with van der Waals surface area (Å²) in [5.41, 5.74) is 0.796. The van der Waals surface area contributed by atoms with Crippen LogP contribution in [0.3, 0.4) is 0 Å². The number of methoxy groups -OCH3 is 1. The minimum atomic E-state index is -0.0250. The zero-order valence-electron chi connectivity index (χ0n) is 9.38. The summed E-state index contributed by atoms with van der Waals surface area (Å²) in [4.78, 5) is 12.7. The quantitative estimate of drug-likeness (QED) is 0.838. The topological polar surface area (TPSA) is 29.5 Å². The van der Waals surface area contributed by atoms with E-state index in [4.69, 9.17) is 27.9 Å². The predicted molar refractivity (Wildman–Crippen MR) is 65.2 cm³/mol. The van der Waals surface area contributed by atoms with Crippen LogP contribution >= 0.6 is 23.2 Å². The average Bonchev–Trinajstić information content (AvgIpc) is 2.22. The third kappa shape index (κ3) is 3.03. The van der Waals surface area contributed by atoms with Crippen molar-refractivity contribution in [1.29, 1.82) is 0 Å². The van der Waals surface area contributed by atoms with Crippen molar-refractivity contribution in [3.8, 4) is 5.75 Å². The number of carbonyl (C=O) groups excluding carboxylic acids is 1. The Bertz CT molecular complexity index is 407. The Kier molecular flexibility index (Phi) is 4.44. The van der Waals surface area contributed by atoms with E-state index in [9.17, 15) is 4.79 Å². The first-order valence-electron chi connectivity index (χ1n) is 4.69. The maximum atomic E-state index is 11.1. The fraction of sp³-hybridized carbons (Fsp3) is 0.364. The average molecular weight is 262 g/mol. The number of benzene rings is 1. The van der Waals surface area contributed by atoms with Crippen LogP contribution in [-0.2, 0) is 11.3 Å². The Labute approximate surface area is 105 Å². The molecule has 0 fully saturated rings. The fourth-order valence-corrected chi connectivity index (χ4v) is 1.69. The van der Waals surface area contributed by atoms with E-state index in [1.54, 1.807) is 24.1 Å². The highest BCUT2D eigenvalue weighted by atomic mass is 35.5. The molecule has 16 heavy (non-hydrogen) atoms. The lowest BCUT2D eigenvalue weighted by Gasteiger charge is -2.16. The summed E-state index contributed by atoms with van der Waals surface area (Å²) in [6.07, 6.45) is 0. The molecule has 1 rings (SSSR count). The van der Waals surface area contributed by atoms with Gasteiger partial charge in [0, 0.05) is 31.6 Å². The van der Waals surface area contributed by atoms with Gasteiger partial charge in [-0.15, -0.1) is 0 Å². The summed E-state index contributed by atoms with van der Waals surface area (Å²) in [5.74, 6) is 0.504. The molecule has 0 aliphatic carbocycles. The van der Waals surface area contributed by atoms with Gasteiger partial charge in [0.25, 0.3) is 0 Å². The fourth-order valence-electron chi connectivity index (χ4n) is 1.21. The SMILES string of the molecule is COc1cc(Cl)c(CN(C)C(C)=O)cc1Cl. The molecule has 0 N–H and O–H groups in total. The van der Waals surface area contributed by atoms with Crippen molar-refractivity contribution in [3.63, 3.8) is 0 Å². The van der Waals surface area contributed by atoms with E-state index in [0.29, 0.717) is 22.3 Å². The Morgan fingerprint density at radius 3 is 2.50 bits per heavy atom. The van der Waals surface area contributed by atoms with E-state index in [1.807, 2.05) is 0 Å². The second kappa shape index (κ2) is 5.41. The van der Waals surface area contributed by atoms with E-state index in [2.05, 4.69) is 0 Å². The van der Waals surface area contributed by atoms with Crippen molar-refractivity contribution in [2.45, 2.75) is 13.5 Å². The van der Waals surface area contributed by atoms with Gasteiger partial charge in [-0.2, -0.15) is 0 Å². The van der Waals surface area contributed by atoms with Crippen molar-refractivity contribution < 1.29 is 9.53 Å². The van der Waals surface area contributed by atoms with Crippen LogP contribution in [-0.4, -0.2) is 25.0 Å². The molecule has 0 spiro atoms. The van der Waals surface area contributed by atoms with Gasteiger partial charge < -0.3 is 9.64 Å². The molecule has 0 aromatic heterocycles. The van der Waals surface area contributed by atoms with Gasteiger partial charge in [0.2, 0.25) is 5.91 Å². The molecule has 1 aromatic rings. The van der Waals surface area contributed by atoms with E-state index in [1.165, 1.54) is 14.0 Å². The summed E-state index contributed by atoms with van der Waals surface area (Å²) >= 11 is 12.0. The summed E-state index contributed by atoms with van der Waals surface area (Å²) in [6, 6.07) is 3.36. The molecule has 3 nitrogen and oxygen atoms in total. The monoisotopic (exact) mass is 261 g/mol. The maximum Gasteiger partial charge on any atom is 0.219 e. The molecule has 0 heterocycles. The van der Waals surface area contributed by atoms with Gasteiger partial charge >= 0.3 is 0 Å². The van der Waals surface area contributed by atoms with E-state index in [-0.39, 0.29) is 5.91 Å². The standard InChI is InChI=1S/C11H13Cl2NO2/c1-7(15)14(2)6-8-4-10(13)11(16-3)5-9(8)12/h4-5H,6H2,1-3H3. The Morgan fingerprint density at radius 2 is 2.00 bits per heavy atom. The minimum Gasteiger partial charge on any atom is -0.495 e. The number of halogens is 2. The first-order chi connectivity index (χ1) is 7.45. The highest BCUT2D eigenvalue weighted by molar-refractivity contribution is 6.34. The minimum absolute atomic E-state index is 0.0250.